The lowest BCUT2D eigenvalue weighted by molar-refractivity contribution is -0.0222. The van der Waals surface area contributed by atoms with Crippen LogP contribution in [0.15, 0.2) is 0 Å². The second kappa shape index (κ2) is 4.62. The maximum Gasteiger partial charge on any atom is 0.272 e. The Bertz CT molecular complexity index is 107. The maximum atomic E-state index is 12.8. The predicted molar refractivity (Wildman–Crippen MR) is 42.0 cm³/mol. The van der Waals surface area contributed by atoms with Gasteiger partial charge in [0.1, 0.15) is 0 Å². The van der Waals surface area contributed by atoms with Crippen LogP contribution in [-0.4, -0.2) is 44.6 Å². The standard InChI is InChI=1S/C7H16F2N2/c1-4-11(3)6-7(8,9)5-10-2/h10H,4-6H2,1-3H3. The summed E-state index contributed by atoms with van der Waals surface area (Å²) in [6, 6.07) is 0. The molecule has 0 spiro atoms. The highest BCUT2D eigenvalue weighted by molar-refractivity contribution is 4.71. The van der Waals surface area contributed by atoms with Crippen LogP contribution in [0.3, 0.4) is 0 Å². The molecule has 0 aromatic rings. The Morgan fingerprint density at radius 2 is 2.00 bits per heavy atom. The van der Waals surface area contributed by atoms with E-state index in [2.05, 4.69) is 5.32 Å². The van der Waals surface area contributed by atoms with E-state index >= 15 is 0 Å². The highest BCUT2D eigenvalue weighted by Crippen LogP contribution is 2.12. The number of rotatable bonds is 5. The van der Waals surface area contributed by atoms with Gasteiger partial charge < -0.3 is 10.2 Å². The fourth-order valence-electron chi connectivity index (χ4n) is 0.821. The SMILES string of the molecule is CCN(C)CC(F)(F)CNC. The minimum absolute atomic E-state index is 0.176. The van der Waals surface area contributed by atoms with E-state index in [1.165, 1.54) is 7.05 Å². The summed E-state index contributed by atoms with van der Waals surface area (Å²) in [7, 11) is 3.21. The molecule has 0 unspecified atom stereocenters. The molecule has 0 aliphatic rings. The van der Waals surface area contributed by atoms with Gasteiger partial charge in [-0.1, -0.05) is 6.92 Å². The highest BCUT2D eigenvalue weighted by atomic mass is 19.3. The minimum Gasteiger partial charge on any atom is -0.314 e. The Morgan fingerprint density at radius 3 is 2.36 bits per heavy atom. The third-order valence-electron chi connectivity index (χ3n) is 1.48. The maximum absolute atomic E-state index is 12.8. The van der Waals surface area contributed by atoms with E-state index in [0.29, 0.717) is 6.54 Å². The molecule has 68 valence electrons. The van der Waals surface area contributed by atoms with Gasteiger partial charge in [0.05, 0.1) is 13.1 Å². The molecule has 4 heteroatoms. The fourth-order valence-corrected chi connectivity index (χ4v) is 0.821. The summed E-state index contributed by atoms with van der Waals surface area (Å²) < 4.78 is 25.5. The number of nitrogens with zero attached hydrogens (tertiary/aromatic N) is 1. The third-order valence-corrected chi connectivity index (χ3v) is 1.48. The Hall–Kier alpha value is -0.220. The van der Waals surface area contributed by atoms with Crippen molar-refractivity contribution in [1.29, 1.82) is 0 Å². The summed E-state index contributed by atoms with van der Waals surface area (Å²) in [6.07, 6.45) is 0. The van der Waals surface area contributed by atoms with Gasteiger partial charge in [0, 0.05) is 0 Å². The molecule has 0 aliphatic heterocycles. The second-order valence-corrected chi connectivity index (χ2v) is 2.72. The normalized spacial score (nSPS) is 12.5. The van der Waals surface area contributed by atoms with Crippen LogP contribution in [0.2, 0.25) is 0 Å². The lowest BCUT2D eigenvalue weighted by Crippen LogP contribution is -2.41. The topological polar surface area (TPSA) is 15.3 Å². The van der Waals surface area contributed by atoms with Crippen molar-refractivity contribution in [2.24, 2.45) is 0 Å². The average Bonchev–Trinajstić information content (AvgIpc) is 1.86. The van der Waals surface area contributed by atoms with Crippen LogP contribution < -0.4 is 5.32 Å². The van der Waals surface area contributed by atoms with Crippen LogP contribution in [0.1, 0.15) is 6.92 Å². The molecule has 0 radical (unpaired) electrons. The summed E-state index contributed by atoms with van der Waals surface area (Å²) in [6.45, 7) is 2.08. The highest BCUT2D eigenvalue weighted by Gasteiger charge is 2.28. The summed E-state index contributed by atoms with van der Waals surface area (Å²) in [5, 5.41) is 2.46. The predicted octanol–water partition coefficient (Wildman–Crippen LogP) is 0.793. The first-order valence-corrected chi connectivity index (χ1v) is 3.73. The zero-order valence-electron chi connectivity index (χ0n) is 7.32. The molecular formula is C7H16F2N2. The monoisotopic (exact) mass is 166 g/mol. The Kier molecular flexibility index (Phi) is 4.52. The first-order valence-electron chi connectivity index (χ1n) is 3.73. The van der Waals surface area contributed by atoms with Crippen LogP contribution in [-0.2, 0) is 0 Å². The molecule has 0 rings (SSSR count). The zero-order chi connectivity index (χ0) is 8.91. The van der Waals surface area contributed by atoms with Crippen LogP contribution in [0.5, 0.6) is 0 Å². The summed E-state index contributed by atoms with van der Waals surface area (Å²) in [5.74, 6) is -2.61. The first kappa shape index (κ1) is 10.8. The van der Waals surface area contributed by atoms with Gasteiger partial charge in [-0.15, -0.1) is 0 Å². The quantitative estimate of drug-likeness (QED) is 0.649. The molecule has 1 N–H and O–H groups in total. The third kappa shape index (κ3) is 5.09. The molecule has 0 atom stereocenters. The molecule has 11 heavy (non-hydrogen) atoms. The molecule has 0 bridgehead atoms. The van der Waals surface area contributed by atoms with Crippen LogP contribution in [0.4, 0.5) is 8.78 Å². The number of hydrogen-bond donors (Lipinski definition) is 1. The van der Waals surface area contributed by atoms with Crippen LogP contribution in [0.25, 0.3) is 0 Å². The van der Waals surface area contributed by atoms with E-state index in [0.717, 1.165) is 0 Å². The van der Waals surface area contributed by atoms with Crippen molar-refractivity contribution in [1.82, 2.24) is 10.2 Å². The van der Waals surface area contributed by atoms with Gasteiger partial charge in [0.15, 0.2) is 0 Å². The smallest absolute Gasteiger partial charge is 0.272 e. The van der Waals surface area contributed by atoms with Crippen molar-refractivity contribution in [2.75, 3.05) is 33.7 Å². The number of halogens is 2. The van der Waals surface area contributed by atoms with Crippen molar-refractivity contribution >= 4 is 0 Å². The summed E-state index contributed by atoms with van der Waals surface area (Å²) in [4.78, 5) is 1.59. The van der Waals surface area contributed by atoms with Gasteiger partial charge in [0.25, 0.3) is 5.92 Å². The molecule has 0 aromatic carbocycles. The average molecular weight is 166 g/mol. The van der Waals surface area contributed by atoms with E-state index in [1.807, 2.05) is 6.92 Å². The van der Waals surface area contributed by atoms with Crippen LogP contribution in [0, 0.1) is 0 Å². The van der Waals surface area contributed by atoms with Crippen molar-refractivity contribution in [3.8, 4) is 0 Å². The summed E-state index contributed by atoms with van der Waals surface area (Å²) in [5.41, 5.74) is 0. The van der Waals surface area contributed by atoms with E-state index in [-0.39, 0.29) is 13.1 Å². The van der Waals surface area contributed by atoms with Crippen molar-refractivity contribution in [2.45, 2.75) is 12.8 Å². The molecule has 0 saturated heterocycles. The van der Waals surface area contributed by atoms with Gasteiger partial charge in [0.2, 0.25) is 0 Å². The van der Waals surface area contributed by atoms with Crippen LogP contribution >= 0.6 is 0 Å². The molecule has 0 saturated carbocycles. The van der Waals surface area contributed by atoms with Crippen molar-refractivity contribution in [3.05, 3.63) is 0 Å². The molecule has 0 aliphatic carbocycles. The van der Waals surface area contributed by atoms with Gasteiger partial charge in [-0.25, -0.2) is 8.78 Å². The largest absolute Gasteiger partial charge is 0.314 e. The molecule has 2 nitrogen and oxygen atoms in total. The van der Waals surface area contributed by atoms with E-state index in [1.54, 1.807) is 11.9 Å². The number of nitrogens with one attached hydrogen (secondary N) is 1. The van der Waals surface area contributed by atoms with E-state index in [4.69, 9.17) is 0 Å². The number of alkyl halides is 2. The second-order valence-electron chi connectivity index (χ2n) is 2.72. The zero-order valence-corrected chi connectivity index (χ0v) is 7.32. The van der Waals surface area contributed by atoms with E-state index in [9.17, 15) is 8.78 Å². The lowest BCUT2D eigenvalue weighted by atomic mass is 10.3. The fraction of sp³-hybridized carbons (Fsp3) is 1.00. The van der Waals surface area contributed by atoms with Gasteiger partial charge in [-0.2, -0.15) is 0 Å². The number of hydrogen-bond acceptors (Lipinski definition) is 2. The molecular weight excluding hydrogens is 150 g/mol. The van der Waals surface area contributed by atoms with Gasteiger partial charge >= 0.3 is 0 Å². The minimum atomic E-state index is -2.61. The van der Waals surface area contributed by atoms with E-state index < -0.39 is 5.92 Å². The first-order chi connectivity index (χ1) is 5.02. The van der Waals surface area contributed by atoms with Gasteiger partial charge in [-0.3, -0.25) is 0 Å². The Balaban J connectivity index is 3.70. The molecule has 0 heterocycles. The molecule has 0 amide bonds. The Morgan fingerprint density at radius 1 is 1.45 bits per heavy atom. The van der Waals surface area contributed by atoms with Crippen molar-refractivity contribution < 1.29 is 8.78 Å². The molecule has 0 aromatic heterocycles. The van der Waals surface area contributed by atoms with Crippen molar-refractivity contribution in [3.63, 3.8) is 0 Å². The lowest BCUT2D eigenvalue weighted by Gasteiger charge is -2.22. The summed E-state index contributed by atoms with van der Waals surface area (Å²) >= 11 is 0. The molecule has 0 fully saturated rings. The Labute approximate surface area is 66.6 Å². The van der Waals surface area contributed by atoms with Gasteiger partial charge in [-0.05, 0) is 20.6 Å².